The van der Waals surface area contributed by atoms with E-state index in [9.17, 15) is 4.79 Å². The maximum atomic E-state index is 12.5. The standard InChI is InChI=1S/C21H29NO2.CH4O.CH2O/c1-15(2)16-6-8-17(9-7-16)18-10-13-22(21(14-18)11-12-21)19(23)24-20(3,4)5;2*1-2/h6-10,15H,11-14H2,1-5H3;2H,1H3;1H2. The smallest absolute Gasteiger partial charge is 0.411 e. The molecular weight excluding hydrogens is 354 g/mol. The van der Waals surface area contributed by atoms with E-state index in [1.54, 1.807) is 0 Å². The lowest BCUT2D eigenvalue weighted by molar-refractivity contribution is -0.0980. The lowest BCUT2D eigenvalue weighted by atomic mass is 9.91. The van der Waals surface area contributed by atoms with Gasteiger partial charge in [0.25, 0.3) is 0 Å². The Kier molecular flexibility index (Phi) is 8.43. The van der Waals surface area contributed by atoms with Crippen molar-refractivity contribution in [2.45, 2.75) is 70.9 Å². The Hall–Kier alpha value is -2.14. The van der Waals surface area contributed by atoms with E-state index in [4.69, 9.17) is 14.6 Å². The normalized spacial score (nSPS) is 17.0. The van der Waals surface area contributed by atoms with E-state index in [0.717, 1.165) is 26.4 Å². The second-order valence-corrected chi connectivity index (χ2v) is 8.50. The molecular formula is C23H35NO4. The summed E-state index contributed by atoms with van der Waals surface area (Å²) in [5, 5.41) is 7.00. The van der Waals surface area contributed by atoms with Gasteiger partial charge < -0.3 is 14.6 Å². The van der Waals surface area contributed by atoms with E-state index < -0.39 is 5.60 Å². The van der Waals surface area contributed by atoms with Crippen LogP contribution in [0.25, 0.3) is 5.57 Å². The summed E-state index contributed by atoms with van der Waals surface area (Å²) in [6.07, 6.45) is 5.11. The Morgan fingerprint density at radius 1 is 1.14 bits per heavy atom. The summed E-state index contributed by atoms with van der Waals surface area (Å²) in [6, 6.07) is 8.89. The second kappa shape index (κ2) is 9.87. The molecule has 1 amide bonds. The summed E-state index contributed by atoms with van der Waals surface area (Å²) >= 11 is 0. The van der Waals surface area contributed by atoms with Crippen molar-refractivity contribution in [2.24, 2.45) is 0 Å². The van der Waals surface area contributed by atoms with Crippen molar-refractivity contribution < 1.29 is 19.4 Å². The van der Waals surface area contributed by atoms with Crippen molar-refractivity contribution in [1.29, 1.82) is 0 Å². The van der Waals surface area contributed by atoms with E-state index in [1.807, 2.05) is 32.5 Å². The van der Waals surface area contributed by atoms with Crippen LogP contribution in [-0.4, -0.2) is 47.7 Å². The third-order valence-electron chi connectivity index (χ3n) is 5.00. The predicted molar refractivity (Wildman–Crippen MR) is 113 cm³/mol. The van der Waals surface area contributed by atoms with Crippen LogP contribution in [-0.2, 0) is 9.53 Å². The molecule has 1 saturated carbocycles. The highest BCUT2D eigenvalue weighted by Crippen LogP contribution is 2.50. The molecule has 1 fully saturated rings. The van der Waals surface area contributed by atoms with Gasteiger partial charge in [-0.15, -0.1) is 0 Å². The summed E-state index contributed by atoms with van der Waals surface area (Å²) in [5.74, 6) is 0.553. The monoisotopic (exact) mass is 389 g/mol. The number of benzene rings is 1. The van der Waals surface area contributed by atoms with Crippen molar-refractivity contribution in [3.63, 3.8) is 0 Å². The average Bonchev–Trinajstić information content (AvgIpc) is 3.42. The SMILES string of the molecule is C=O.CC(C)c1ccc(C2=CCN(C(=O)OC(C)(C)C)C3(CC3)C2)cc1.CO. The molecule has 0 aromatic heterocycles. The van der Waals surface area contributed by atoms with Crippen LogP contribution in [0.2, 0.25) is 0 Å². The first kappa shape index (κ1) is 23.9. The fourth-order valence-corrected chi connectivity index (χ4v) is 3.40. The number of aliphatic hydroxyl groups excluding tert-OH is 1. The van der Waals surface area contributed by atoms with Gasteiger partial charge >= 0.3 is 6.09 Å². The molecule has 0 radical (unpaired) electrons. The Balaban J connectivity index is 0.000000921. The van der Waals surface area contributed by atoms with Gasteiger partial charge in [-0.05, 0) is 62.7 Å². The van der Waals surface area contributed by atoms with Gasteiger partial charge in [-0.2, -0.15) is 0 Å². The maximum Gasteiger partial charge on any atom is 0.411 e. The van der Waals surface area contributed by atoms with E-state index in [-0.39, 0.29) is 11.6 Å². The molecule has 1 aliphatic carbocycles. The highest BCUT2D eigenvalue weighted by Gasteiger charge is 2.52. The Morgan fingerprint density at radius 3 is 2.11 bits per heavy atom. The van der Waals surface area contributed by atoms with Gasteiger partial charge in [-0.25, -0.2) is 4.79 Å². The van der Waals surface area contributed by atoms with Gasteiger partial charge in [0.2, 0.25) is 0 Å². The first-order valence-corrected chi connectivity index (χ1v) is 9.74. The van der Waals surface area contributed by atoms with Crippen LogP contribution in [0, 0.1) is 0 Å². The molecule has 0 unspecified atom stereocenters. The number of aliphatic hydroxyl groups is 1. The molecule has 1 aromatic carbocycles. The fourth-order valence-electron chi connectivity index (χ4n) is 3.40. The molecule has 5 heteroatoms. The number of amides is 1. The maximum absolute atomic E-state index is 12.5. The lowest BCUT2D eigenvalue weighted by Crippen LogP contribution is -2.47. The molecule has 5 nitrogen and oxygen atoms in total. The fraction of sp³-hybridized carbons (Fsp3) is 0.565. The first-order chi connectivity index (χ1) is 13.2. The van der Waals surface area contributed by atoms with Gasteiger partial charge in [-0.1, -0.05) is 44.2 Å². The summed E-state index contributed by atoms with van der Waals surface area (Å²) in [6.45, 7) is 12.8. The van der Waals surface area contributed by atoms with Crippen LogP contribution in [0.3, 0.4) is 0 Å². The minimum absolute atomic E-state index is 0.0108. The van der Waals surface area contributed by atoms with Crippen LogP contribution in [0.4, 0.5) is 4.79 Å². The quantitative estimate of drug-likeness (QED) is 0.790. The summed E-state index contributed by atoms with van der Waals surface area (Å²) < 4.78 is 5.59. The van der Waals surface area contributed by atoms with Crippen molar-refractivity contribution >= 4 is 18.5 Å². The first-order valence-electron chi connectivity index (χ1n) is 9.74. The number of rotatable bonds is 2. The van der Waals surface area contributed by atoms with E-state index >= 15 is 0 Å². The highest BCUT2D eigenvalue weighted by molar-refractivity contribution is 5.75. The molecule has 2 aliphatic rings. The number of hydrogen-bond donors (Lipinski definition) is 1. The molecule has 1 heterocycles. The van der Waals surface area contributed by atoms with Crippen LogP contribution in [0.5, 0.6) is 0 Å². The Bertz CT molecular complexity index is 667. The van der Waals surface area contributed by atoms with Crippen LogP contribution in [0.15, 0.2) is 30.3 Å². The molecule has 156 valence electrons. The van der Waals surface area contributed by atoms with Crippen LogP contribution in [0.1, 0.15) is 70.9 Å². The molecule has 28 heavy (non-hydrogen) atoms. The topological polar surface area (TPSA) is 66.8 Å². The number of nitrogens with zero attached hydrogens (tertiary/aromatic N) is 1. The summed E-state index contributed by atoms with van der Waals surface area (Å²) in [4.78, 5) is 22.4. The third-order valence-corrected chi connectivity index (χ3v) is 5.00. The molecule has 0 atom stereocenters. The zero-order valence-electron chi connectivity index (χ0n) is 18.1. The molecule has 0 bridgehead atoms. The van der Waals surface area contributed by atoms with Crippen molar-refractivity contribution in [1.82, 2.24) is 4.90 Å². The molecule has 0 saturated heterocycles. The van der Waals surface area contributed by atoms with Crippen LogP contribution >= 0.6 is 0 Å². The minimum atomic E-state index is -0.441. The molecule has 1 aliphatic heterocycles. The largest absolute Gasteiger partial charge is 0.444 e. The molecule has 3 rings (SSSR count). The van der Waals surface area contributed by atoms with Gasteiger partial charge in [0.15, 0.2) is 0 Å². The van der Waals surface area contributed by atoms with Crippen molar-refractivity contribution in [3.8, 4) is 0 Å². The van der Waals surface area contributed by atoms with Crippen molar-refractivity contribution in [2.75, 3.05) is 13.7 Å². The van der Waals surface area contributed by atoms with Crippen molar-refractivity contribution in [3.05, 3.63) is 41.5 Å². The van der Waals surface area contributed by atoms with Gasteiger partial charge in [0, 0.05) is 13.7 Å². The zero-order chi connectivity index (χ0) is 21.5. The number of ether oxygens (including phenoxy) is 1. The summed E-state index contributed by atoms with van der Waals surface area (Å²) in [5.41, 5.74) is 3.57. The second-order valence-electron chi connectivity index (χ2n) is 8.50. The lowest BCUT2D eigenvalue weighted by Gasteiger charge is -2.37. The Morgan fingerprint density at radius 2 is 1.68 bits per heavy atom. The zero-order valence-corrected chi connectivity index (χ0v) is 18.1. The van der Waals surface area contributed by atoms with E-state index in [2.05, 4.69) is 44.2 Å². The molecule has 1 N–H and O–H groups in total. The van der Waals surface area contributed by atoms with E-state index in [0.29, 0.717) is 12.5 Å². The molecule has 1 aromatic rings. The van der Waals surface area contributed by atoms with Gasteiger partial charge in [-0.3, -0.25) is 4.90 Å². The van der Waals surface area contributed by atoms with E-state index in [1.165, 1.54) is 16.7 Å². The highest BCUT2D eigenvalue weighted by atomic mass is 16.6. The summed E-state index contributed by atoms with van der Waals surface area (Å²) in [7, 11) is 1.00. The number of hydrogen-bond acceptors (Lipinski definition) is 4. The van der Waals surface area contributed by atoms with Gasteiger partial charge in [0.1, 0.15) is 12.4 Å². The third kappa shape index (κ3) is 5.93. The number of carbonyl (C=O) groups is 2. The minimum Gasteiger partial charge on any atom is -0.444 e. The Labute approximate surface area is 169 Å². The number of carbonyl (C=O) groups excluding carboxylic acids is 2. The van der Waals surface area contributed by atoms with Crippen LogP contribution < -0.4 is 0 Å². The van der Waals surface area contributed by atoms with Gasteiger partial charge in [0.05, 0.1) is 5.54 Å². The molecule has 1 spiro atoms. The predicted octanol–water partition coefficient (Wildman–Crippen LogP) is 4.79. The average molecular weight is 390 g/mol.